The molecule has 0 atom stereocenters. The summed E-state index contributed by atoms with van der Waals surface area (Å²) in [6.07, 6.45) is 7.24. The molecule has 1 saturated heterocycles. The summed E-state index contributed by atoms with van der Waals surface area (Å²) in [4.78, 5) is 27.0. The Morgan fingerprint density at radius 2 is 1.92 bits per heavy atom. The van der Waals surface area contributed by atoms with E-state index in [1.54, 1.807) is 28.2 Å². The Hall–Kier alpha value is -2.48. The van der Waals surface area contributed by atoms with Gasteiger partial charge in [0.05, 0.1) is 12.7 Å². The lowest BCUT2D eigenvalue weighted by Gasteiger charge is -2.34. The van der Waals surface area contributed by atoms with Crippen molar-refractivity contribution < 1.29 is 4.79 Å². The van der Waals surface area contributed by atoms with Gasteiger partial charge in [-0.15, -0.1) is 0 Å². The van der Waals surface area contributed by atoms with Gasteiger partial charge < -0.3 is 9.80 Å². The molecule has 8 nitrogen and oxygen atoms in total. The van der Waals surface area contributed by atoms with Crippen molar-refractivity contribution in [2.24, 2.45) is 7.05 Å². The average molecular weight is 329 g/mol. The lowest BCUT2D eigenvalue weighted by Crippen LogP contribution is -2.50. The smallest absolute Gasteiger partial charge is 0.236 e. The Kier molecular flexibility index (Phi) is 5.05. The molecule has 0 unspecified atom stereocenters. The SMILES string of the molecule is CN(Cc1cnn(C)c1)C(=O)CN1CCN(c2ncccn2)CC1. The van der Waals surface area contributed by atoms with E-state index in [0.29, 0.717) is 13.1 Å². The van der Waals surface area contributed by atoms with Crippen molar-refractivity contribution in [3.8, 4) is 0 Å². The third-order valence-electron chi connectivity index (χ3n) is 4.17. The van der Waals surface area contributed by atoms with Crippen molar-refractivity contribution in [3.05, 3.63) is 36.4 Å². The second-order valence-electron chi connectivity index (χ2n) is 6.08. The quantitative estimate of drug-likeness (QED) is 0.768. The molecule has 8 heteroatoms. The van der Waals surface area contributed by atoms with Crippen LogP contribution in [0.25, 0.3) is 0 Å². The number of aromatic nitrogens is 4. The van der Waals surface area contributed by atoms with Gasteiger partial charge in [0.2, 0.25) is 11.9 Å². The van der Waals surface area contributed by atoms with Gasteiger partial charge in [0, 0.05) is 71.0 Å². The predicted molar refractivity (Wildman–Crippen MR) is 90.4 cm³/mol. The Bertz CT molecular complexity index is 664. The van der Waals surface area contributed by atoms with E-state index in [-0.39, 0.29) is 5.91 Å². The molecule has 0 bridgehead atoms. The van der Waals surface area contributed by atoms with Crippen LogP contribution in [-0.4, -0.2) is 75.2 Å². The van der Waals surface area contributed by atoms with E-state index in [4.69, 9.17) is 0 Å². The molecule has 1 aliphatic heterocycles. The number of nitrogens with zero attached hydrogens (tertiary/aromatic N) is 7. The van der Waals surface area contributed by atoms with Gasteiger partial charge in [-0.2, -0.15) is 5.10 Å². The number of amides is 1. The zero-order valence-corrected chi connectivity index (χ0v) is 14.2. The van der Waals surface area contributed by atoms with Gasteiger partial charge in [0.25, 0.3) is 0 Å². The summed E-state index contributed by atoms with van der Waals surface area (Å²) < 4.78 is 1.75. The van der Waals surface area contributed by atoms with Crippen LogP contribution in [0.15, 0.2) is 30.9 Å². The van der Waals surface area contributed by atoms with E-state index in [0.717, 1.165) is 37.7 Å². The Morgan fingerprint density at radius 1 is 1.21 bits per heavy atom. The molecule has 0 spiro atoms. The maximum absolute atomic E-state index is 12.4. The van der Waals surface area contributed by atoms with Crippen molar-refractivity contribution in [2.45, 2.75) is 6.54 Å². The molecule has 128 valence electrons. The second-order valence-corrected chi connectivity index (χ2v) is 6.08. The number of piperazine rings is 1. The molecule has 1 amide bonds. The molecular formula is C16H23N7O. The zero-order valence-electron chi connectivity index (χ0n) is 14.2. The summed E-state index contributed by atoms with van der Waals surface area (Å²) in [7, 11) is 3.71. The standard InChI is InChI=1S/C16H23N7O/c1-20(11-14-10-19-21(2)12-14)15(24)13-22-6-8-23(9-7-22)16-17-4-3-5-18-16/h3-5,10,12H,6-9,11,13H2,1-2H3. The van der Waals surface area contributed by atoms with Crippen LogP contribution in [0, 0.1) is 0 Å². The number of carbonyl (C=O) groups is 1. The molecule has 0 aliphatic carbocycles. The van der Waals surface area contributed by atoms with Gasteiger partial charge in [-0.1, -0.05) is 0 Å². The van der Waals surface area contributed by atoms with Gasteiger partial charge in [0.1, 0.15) is 0 Å². The second kappa shape index (κ2) is 7.39. The first-order valence-electron chi connectivity index (χ1n) is 8.07. The molecule has 0 N–H and O–H groups in total. The number of rotatable bonds is 5. The van der Waals surface area contributed by atoms with Crippen LogP contribution in [0.2, 0.25) is 0 Å². The molecule has 0 aromatic carbocycles. The van der Waals surface area contributed by atoms with Crippen LogP contribution in [0.5, 0.6) is 0 Å². The first-order chi connectivity index (χ1) is 11.6. The van der Waals surface area contributed by atoms with Gasteiger partial charge in [-0.3, -0.25) is 14.4 Å². The van der Waals surface area contributed by atoms with E-state index < -0.39 is 0 Å². The molecule has 2 aromatic rings. The average Bonchev–Trinajstić information content (AvgIpc) is 3.01. The lowest BCUT2D eigenvalue weighted by atomic mass is 10.3. The van der Waals surface area contributed by atoms with E-state index >= 15 is 0 Å². The van der Waals surface area contributed by atoms with Gasteiger partial charge in [0.15, 0.2) is 0 Å². The first kappa shape index (κ1) is 16.4. The van der Waals surface area contributed by atoms with Crippen LogP contribution in [0.4, 0.5) is 5.95 Å². The van der Waals surface area contributed by atoms with Crippen LogP contribution in [0.1, 0.15) is 5.56 Å². The van der Waals surface area contributed by atoms with Crippen molar-refractivity contribution >= 4 is 11.9 Å². The largest absolute Gasteiger partial charge is 0.340 e. The zero-order chi connectivity index (χ0) is 16.9. The van der Waals surface area contributed by atoms with Crippen LogP contribution in [-0.2, 0) is 18.4 Å². The van der Waals surface area contributed by atoms with E-state index in [9.17, 15) is 4.79 Å². The number of hydrogen-bond acceptors (Lipinski definition) is 6. The first-order valence-corrected chi connectivity index (χ1v) is 8.07. The van der Waals surface area contributed by atoms with Crippen molar-refractivity contribution in [1.29, 1.82) is 0 Å². The summed E-state index contributed by atoms with van der Waals surface area (Å²) in [6, 6.07) is 1.82. The minimum absolute atomic E-state index is 0.128. The van der Waals surface area contributed by atoms with Crippen LogP contribution >= 0.6 is 0 Å². The molecule has 1 aliphatic rings. The summed E-state index contributed by atoms with van der Waals surface area (Å²) in [6.45, 7) is 4.38. The fourth-order valence-electron chi connectivity index (χ4n) is 2.79. The molecule has 24 heavy (non-hydrogen) atoms. The fraction of sp³-hybridized carbons (Fsp3) is 0.500. The maximum atomic E-state index is 12.4. The highest BCUT2D eigenvalue weighted by Gasteiger charge is 2.21. The van der Waals surface area contributed by atoms with E-state index in [2.05, 4.69) is 24.9 Å². The Morgan fingerprint density at radius 3 is 2.54 bits per heavy atom. The van der Waals surface area contributed by atoms with Crippen LogP contribution < -0.4 is 4.90 Å². The Labute approximate surface area is 141 Å². The predicted octanol–water partition coefficient (Wildman–Crippen LogP) is -0.00930. The highest BCUT2D eigenvalue weighted by molar-refractivity contribution is 5.78. The van der Waals surface area contributed by atoms with Crippen molar-refractivity contribution in [3.63, 3.8) is 0 Å². The number of likely N-dealkylation sites (N-methyl/N-ethyl adjacent to an activating group) is 1. The third-order valence-corrected chi connectivity index (χ3v) is 4.17. The molecule has 1 fully saturated rings. The third kappa shape index (κ3) is 4.08. The minimum Gasteiger partial charge on any atom is -0.340 e. The molecule has 3 heterocycles. The number of carbonyl (C=O) groups excluding carboxylic acids is 1. The number of anilines is 1. The highest BCUT2D eigenvalue weighted by atomic mass is 16.2. The topological polar surface area (TPSA) is 70.4 Å². The fourth-order valence-corrected chi connectivity index (χ4v) is 2.79. The maximum Gasteiger partial charge on any atom is 0.236 e. The van der Waals surface area contributed by atoms with E-state index in [1.165, 1.54) is 0 Å². The summed E-state index contributed by atoms with van der Waals surface area (Å²) in [5, 5.41) is 4.13. The van der Waals surface area contributed by atoms with Crippen molar-refractivity contribution in [2.75, 3.05) is 44.7 Å². The summed E-state index contributed by atoms with van der Waals surface area (Å²) >= 11 is 0. The highest BCUT2D eigenvalue weighted by Crippen LogP contribution is 2.10. The summed E-state index contributed by atoms with van der Waals surface area (Å²) in [5.74, 6) is 0.889. The van der Waals surface area contributed by atoms with Crippen LogP contribution in [0.3, 0.4) is 0 Å². The molecule has 3 rings (SSSR count). The number of aryl methyl sites for hydroxylation is 1. The van der Waals surface area contributed by atoms with Gasteiger partial charge in [-0.25, -0.2) is 9.97 Å². The Balaban J connectivity index is 1.46. The normalized spacial score (nSPS) is 15.5. The molecule has 0 radical (unpaired) electrons. The van der Waals surface area contributed by atoms with Gasteiger partial charge in [-0.05, 0) is 6.07 Å². The van der Waals surface area contributed by atoms with Gasteiger partial charge >= 0.3 is 0 Å². The summed E-state index contributed by atoms with van der Waals surface area (Å²) in [5.41, 5.74) is 1.04. The minimum atomic E-state index is 0.128. The monoisotopic (exact) mass is 329 g/mol. The molecule has 0 saturated carbocycles. The molecule has 2 aromatic heterocycles. The number of hydrogen-bond donors (Lipinski definition) is 0. The van der Waals surface area contributed by atoms with Crippen molar-refractivity contribution in [1.82, 2.24) is 29.5 Å². The van der Waals surface area contributed by atoms with E-state index in [1.807, 2.05) is 26.4 Å². The lowest BCUT2D eigenvalue weighted by molar-refractivity contribution is -0.131. The molecular weight excluding hydrogens is 306 g/mol.